The van der Waals surface area contributed by atoms with Gasteiger partial charge in [0, 0.05) is 17.2 Å². The lowest BCUT2D eigenvalue weighted by Gasteiger charge is -2.16. The quantitative estimate of drug-likeness (QED) is 0.838. The van der Waals surface area contributed by atoms with Crippen molar-refractivity contribution in [3.05, 3.63) is 11.7 Å². The number of rotatable bonds is 5. The highest BCUT2D eigenvalue weighted by molar-refractivity contribution is 7.98. The van der Waals surface area contributed by atoms with E-state index in [0.717, 1.165) is 17.3 Å². The van der Waals surface area contributed by atoms with Gasteiger partial charge in [-0.25, -0.2) is 0 Å². The molecule has 0 amide bonds. The zero-order valence-electron chi connectivity index (χ0n) is 9.78. The molecule has 1 heterocycles. The number of hydrogen-bond donors (Lipinski definition) is 1. The number of aromatic nitrogens is 2. The van der Waals surface area contributed by atoms with Gasteiger partial charge in [0.2, 0.25) is 5.89 Å². The van der Waals surface area contributed by atoms with Gasteiger partial charge in [-0.05, 0) is 13.8 Å². The minimum Gasteiger partial charge on any atom is -0.338 e. The molecule has 0 aliphatic rings. The van der Waals surface area contributed by atoms with Crippen molar-refractivity contribution in [1.82, 2.24) is 10.1 Å². The van der Waals surface area contributed by atoms with Crippen LogP contribution in [-0.2, 0) is 5.75 Å². The molecular weight excluding hydrogens is 210 g/mol. The van der Waals surface area contributed by atoms with Crippen molar-refractivity contribution in [3.63, 3.8) is 0 Å². The molecule has 0 aliphatic heterocycles. The minimum absolute atomic E-state index is 0.147. The zero-order chi connectivity index (χ0) is 11.5. The fraction of sp³-hybridized carbons (Fsp3) is 0.800. The predicted molar refractivity (Wildman–Crippen MR) is 62.8 cm³/mol. The molecule has 0 fully saturated rings. The lowest BCUT2D eigenvalue weighted by atomic mass is 10.1. The van der Waals surface area contributed by atoms with Crippen LogP contribution in [0.3, 0.4) is 0 Å². The Morgan fingerprint density at radius 3 is 2.60 bits per heavy atom. The van der Waals surface area contributed by atoms with Gasteiger partial charge in [-0.2, -0.15) is 16.7 Å². The third-order valence-electron chi connectivity index (χ3n) is 1.70. The maximum absolute atomic E-state index is 5.87. The molecule has 1 aromatic heterocycles. The molecule has 0 radical (unpaired) electrons. The fourth-order valence-corrected chi connectivity index (χ4v) is 1.88. The Morgan fingerprint density at radius 2 is 2.13 bits per heavy atom. The molecule has 4 nitrogen and oxygen atoms in total. The molecule has 1 rings (SSSR count). The maximum Gasteiger partial charge on any atom is 0.236 e. The third-order valence-corrected chi connectivity index (χ3v) is 3.10. The molecule has 0 spiro atoms. The predicted octanol–water partition coefficient (Wildman–Crippen LogP) is 2.16. The molecule has 0 saturated heterocycles. The first-order chi connectivity index (χ1) is 6.88. The molecule has 0 bridgehead atoms. The molecule has 2 N–H and O–H groups in total. The summed E-state index contributed by atoms with van der Waals surface area (Å²) in [7, 11) is 0. The molecule has 0 unspecified atom stereocenters. The van der Waals surface area contributed by atoms with Gasteiger partial charge in [0.1, 0.15) is 0 Å². The molecule has 15 heavy (non-hydrogen) atoms. The lowest BCUT2D eigenvalue weighted by molar-refractivity contribution is 0.382. The monoisotopic (exact) mass is 229 g/mol. The summed E-state index contributed by atoms with van der Waals surface area (Å²) in [5.41, 5.74) is 5.72. The molecule has 0 aliphatic carbocycles. The second kappa shape index (κ2) is 4.99. The minimum atomic E-state index is -0.147. The number of hydrogen-bond acceptors (Lipinski definition) is 5. The summed E-state index contributed by atoms with van der Waals surface area (Å²) in [6.45, 7) is 8.11. The van der Waals surface area contributed by atoms with Crippen LogP contribution < -0.4 is 5.73 Å². The lowest BCUT2D eigenvalue weighted by Crippen LogP contribution is -2.34. The molecule has 0 saturated carbocycles. The van der Waals surface area contributed by atoms with E-state index in [1.54, 1.807) is 11.8 Å². The van der Waals surface area contributed by atoms with Crippen molar-refractivity contribution in [1.29, 1.82) is 0 Å². The van der Waals surface area contributed by atoms with Crippen LogP contribution in [-0.4, -0.2) is 21.4 Å². The van der Waals surface area contributed by atoms with E-state index in [9.17, 15) is 0 Å². The molecule has 0 aromatic carbocycles. The van der Waals surface area contributed by atoms with Gasteiger partial charge in [0.25, 0.3) is 0 Å². The first-order valence-corrected chi connectivity index (χ1v) is 6.23. The SMILES string of the molecule is CC(C)c1noc(CSCC(C)(C)N)n1. The van der Waals surface area contributed by atoms with E-state index in [0.29, 0.717) is 11.8 Å². The van der Waals surface area contributed by atoms with Crippen LogP contribution in [0.4, 0.5) is 0 Å². The number of nitrogens with two attached hydrogens (primary N) is 1. The highest BCUT2D eigenvalue weighted by Crippen LogP contribution is 2.17. The molecule has 5 heteroatoms. The van der Waals surface area contributed by atoms with Crippen LogP contribution in [0.1, 0.15) is 45.3 Å². The van der Waals surface area contributed by atoms with Crippen LogP contribution in [0.15, 0.2) is 4.52 Å². The zero-order valence-corrected chi connectivity index (χ0v) is 10.6. The largest absolute Gasteiger partial charge is 0.338 e. The summed E-state index contributed by atoms with van der Waals surface area (Å²) in [6, 6.07) is 0. The summed E-state index contributed by atoms with van der Waals surface area (Å²) in [5, 5.41) is 3.90. The highest BCUT2D eigenvalue weighted by atomic mass is 32.2. The average Bonchev–Trinajstić information content (AvgIpc) is 2.50. The van der Waals surface area contributed by atoms with Gasteiger partial charge in [-0.15, -0.1) is 0 Å². The van der Waals surface area contributed by atoms with Gasteiger partial charge in [-0.3, -0.25) is 0 Å². The van der Waals surface area contributed by atoms with Crippen LogP contribution in [0, 0.1) is 0 Å². The molecular formula is C10H19N3OS. The van der Waals surface area contributed by atoms with Crippen molar-refractivity contribution in [2.24, 2.45) is 5.73 Å². The van der Waals surface area contributed by atoms with Gasteiger partial charge in [0.15, 0.2) is 5.82 Å². The first-order valence-electron chi connectivity index (χ1n) is 5.07. The van der Waals surface area contributed by atoms with Crippen molar-refractivity contribution in [2.75, 3.05) is 5.75 Å². The van der Waals surface area contributed by atoms with Crippen LogP contribution in [0.2, 0.25) is 0 Å². The van der Waals surface area contributed by atoms with E-state index < -0.39 is 0 Å². The Balaban J connectivity index is 2.38. The number of nitrogens with zero attached hydrogens (tertiary/aromatic N) is 2. The van der Waals surface area contributed by atoms with Crippen molar-refractivity contribution < 1.29 is 4.52 Å². The summed E-state index contributed by atoms with van der Waals surface area (Å²) in [6.07, 6.45) is 0. The summed E-state index contributed by atoms with van der Waals surface area (Å²) in [5.74, 6) is 3.40. The Kier molecular flexibility index (Phi) is 4.16. The van der Waals surface area contributed by atoms with Crippen LogP contribution in [0.25, 0.3) is 0 Å². The van der Waals surface area contributed by atoms with Crippen molar-refractivity contribution in [2.45, 2.75) is 44.9 Å². The van der Waals surface area contributed by atoms with E-state index in [2.05, 4.69) is 10.1 Å². The normalized spacial score (nSPS) is 12.4. The Labute approximate surface area is 95.0 Å². The molecule has 86 valence electrons. The second-order valence-electron chi connectivity index (χ2n) is 4.68. The summed E-state index contributed by atoms with van der Waals surface area (Å²) >= 11 is 1.72. The Bertz CT molecular complexity index is 304. The first kappa shape index (κ1) is 12.5. The fourth-order valence-electron chi connectivity index (χ4n) is 0.963. The smallest absolute Gasteiger partial charge is 0.236 e. The van der Waals surface area contributed by atoms with E-state index in [-0.39, 0.29) is 5.54 Å². The number of thioether (sulfide) groups is 1. The Morgan fingerprint density at radius 1 is 1.47 bits per heavy atom. The molecule has 0 atom stereocenters. The summed E-state index contributed by atoms with van der Waals surface area (Å²) < 4.78 is 5.12. The topological polar surface area (TPSA) is 64.9 Å². The van der Waals surface area contributed by atoms with Gasteiger partial charge < -0.3 is 10.3 Å². The highest BCUT2D eigenvalue weighted by Gasteiger charge is 2.13. The van der Waals surface area contributed by atoms with Crippen molar-refractivity contribution in [3.8, 4) is 0 Å². The van der Waals surface area contributed by atoms with E-state index >= 15 is 0 Å². The van der Waals surface area contributed by atoms with Crippen molar-refractivity contribution >= 4 is 11.8 Å². The summed E-state index contributed by atoms with van der Waals surface area (Å²) in [4.78, 5) is 4.29. The standard InChI is InChI=1S/C10H19N3OS/c1-7(2)9-12-8(14-13-9)5-15-6-10(3,4)11/h7H,5-6,11H2,1-4H3. The maximum atomic E-state index is 5.87. The van der Waals surface area contributed by atoms with E-state index in [1.807, 2.05) is 27.7 Å². The second-order valence-corrected chi connectivity index (χ2v) is 5.67. The van der Waals surface area contributed by atoms with Crippen LogP contribution >= 0.6 is 11.8 Å². The molecule has 1 aromatic rings. The van der Waals surface area contributed by atoms with Crippen LogP contribution in [0.5, 0.6) is 0 Å². The Hall–Kier alpha value is -0.550. The van der Waals surface area contributed by atoms with E-state index in [1.165, 1.54) is 0 Å². The van der Waals surface area contributed by atoms with Gasteiger partial charge >= 0.3 is 0 Å². The van der Waals surface area contributed by atoms with Gasteiger partial charge in [-0.1, -0.05) is 19.0 Å². The van der Waals surface area contributed by atoms with Gasteiger partial charge in [0.05, 0.1) is 5.75 Å². The average molecular weight is 229 g/mol. The van der Waals surface area contributed by atoms with E-state index in [4.69, 9.17) is 10.3 Å². The third kappa shape index (κ3) is 4.66.